The van der Waals surface area contributed by atoms with Gasteiger partial charge in [0.1, 0.15) is 5.76 Å². The second-order valence-electron chi connectivity index (χ2n) is 3.52. The van der Waals surface area contributed by atoms with Crippen molar-refractivity contribution in [1.82, 2.24) is 5.32 Å². The summed E-state index contributed by atoms with van der Waals surface area (Å²) >= 11 is 0. The van der Waals surface area contributed by atoms with E-state index in [4.69, 9.17) is 0 Å². The lowest BCUT2D eigenvalue weighted by Gasteiger charge is -2.23. The van der Waals surface area contributed by atoms with E-state index in [0.717, 1.165) is 0 Å². The fourth-order valence-electron chi connectivity index (χ4n) is 1.58. The molecule has 2 aliphatic rings. The Bertz CT molecular complexity index is 504. The standard InChI is InChI=1S/C9H8F3NO3S/c10-9(11,12)17(14,15)16-7-3-1-2-6-4-5-13-8(6)7/h1-6,8,13H. The molecular formula is C9H8F3NO3S. The normalized spacial score (nSPS) is 27.4. The highest BCUT2D eigenvalue weighted by Gasteiger charge is 2.49. The van der Waals surface area contributed by atoms with E-state index in [1.807, 2.05) is 0 Å². The fourth-order valence-corrected chi connectivity index (χ4v) is 2.08. The van der Waals surface area contributed by atoms with Crippen molar-refractivity contribution in [3.63, 3.8) is 0 Å². The summed E-state index contributed by atoms with van der Waals surface area (Å²) in [7, 11) is -5.61. The van der Waals surface area contributed by atoms with E-state index >= 15 is 0 Å². The summed E-state index contributed by atoms with van der Waals surface area (Å²) in [6.07, 6.45) is 7.64. The van der Waals surface area contributed by atoms with E-state index in [9.17, 15) is 21.6 Å². The van der Waals surface area contributed by atoms with Crippen molar-refractivity contribution in [1.29, 1.82) is 0 Å². The summed E-state index contributed by atoms with van der Waals surface area (Å²) in [6, 6.07) is -0.600. The van der Waals surface area contributed by atoms with E-state index in [0.29, 0.717) is 0 Å². The molecular weight excluding hydrogens is 259 g/mol. The number of rotatable bonds is 2. The lowest BCUT2D eigenvalue weighted by atomic mass is 9.96. The first-order valence-corrected chi connectivity index (χ1v) is 6.04. The third-order valence-electron chi connectivity index (χ3n) is 2.37. The molecule has 0 aromatic rings. The molecule has 0 fully saturated rings. The van der Waals surface area contributed by atoms with Crippen LogP contribution in [0, 0.1) is 5.92 Å². The Morgan fingerprint density at radius 3 is 2.65 bits per heavy atom. The molecule has 0 saturated heterocycles. The van der Waals surface area contributed by atoms with E-state index in [1.54, 1.807) is 18.4 Å². The highest BCUT2D eigenvalue weighted by atomic mass is 32.2. The molecule has 0 aromatic carbocycles. The maximum absolute atomic E-state index is 12.1. The van der Waals surface area contributed by atoms with Crippen LogP contribution in [0.2, 0.25) is 0 Å². The molecule has 0 amide bonds. The molecule has 0 spiro atoms. The largest absolute Gasteiger partial charge is 0.534 e. The van der Waals surface area contributed by atoms with Gasteiger partial charge in [0.15, 0.2) is 0 Å². The first kappa shape index (κ1) is 12.0. The topological polar surface area (TPSA) is 55.4 Å². The molecule has 0 bridgehead atoms. The van der Waals surface area contributed by atoms with Crippen LogP contribution in [0.3, 0.4) is 0 Å². The van der Waals surface area contributed by atoms with Gasteiger partial charge >= 0.3 is 15.6 Å². The highest BCUT2D eigenvalue weighted by Crippen LogP contribution is 2.31. The summed E-state index contributed by atoms with van der Waals surface area (Å²) in [4.78, 5) is 0. The van der Waals surface area contributed by atoms with Crippen molar-refractivity contribution in [3.05, 3.63) is 36.3 Å². The van der Waals surface area contributed by atoms with Crippen LogP contribution >= 0.6 is 0 Å². The SMILES string of the molecule is O=S(=O)(OC1=CC=CC2C=CNC12)C(F)(F)F. The Hall–Kier alpha value is -1.44. The van der Waals surface area contributed by atoms with Gasteiger partial charge in [0.2, 0.25) is 0 Å². The first-order valence-electron chi connectivity index (χ1n) is 4.63. The zero-order chi connectivity index (χ0) is 12.7. The average Bonchev–Trinajstić information content (AvgIpc) is 2.64. The molecule has 0 radical (unpaired) electrons. The quantitative estimate of drug-likeness (QED) is 0.607. The second kappa shape index (κ2) is 3.80. The number of alkyl halides is 3. The summed E-state index contributed by atoms with van der Waals surface area (Å²) in [6.45, 7) is 0. The summed E-state index contributed by atoms with van der Waals surface area (Å²) in [5.41, 5.74) is -5.42. The van der Waals surface area contributed by atoms with Crippen LogP contribution in [0.25, 0.3) is 0 Å². The van der Waals surface area contributed by atoms with E-state index in [-0.39, 0.29) is 11.7 Å². The minimum atomic E-state index is -5.61. The van der Waals surface area contributed by atoms with Gasteiger partial charge in [0.25, 0.3) is 0 Å². The van der Waals surface area contributed by atoms with Gasteiger partial charge in [-0.2, -0.15) is 21.6 Å². The predicted octanol–water partition coefficient (Wildman–Crippen LogP) is 1.41. The summed E-state index contributed by atoms with van der Waals surface area (Å²) in [5.74, 6) is -0.460. The van der Waals surface area contributed by atoms with Gasteiger partial charge in [0, 0.05) is 5.92 Å². The third-order valence-corrected chi connectivity index (χ3v) is 3.35. The van der Waals surface area contributed by atoms with Crippen LogP contribution in [0.1, 0.15) is 0 Å². The van der Waals surface area contributed by atoms with Gasteiger partial charge in [-0.3, -0.25) is 0 Å². The van der Waals surface area contributed by atoms with Crippen LogP contribution in [0.4, 0.5) is 13.2 Å². The molecule has 1 heterocycles. The lowest BCUT2D eigenvalue weighted by molar-refractivity contribution is -0.0525. The zero-order valence-electron chi connectivity index (χ0n) is 8.31. The Morgan fingerprint density at radius 2 is 2.00 bits per heavy atom. The van der Waals surface area contributed by atoms with E-state index in [1.165, 1.54) is 12.2 Å². The maximum Gasteiger partial charge on any atom is 0.534 e. The number of allylic oxidation sites excluding steroid dienone is 2. The Labute approximate surface area is 95.6 Å². The molecule has 94 valence electrons. The monoisotopic (exact) mass is 267 g/mol. The third kappa shape index (κ3) is 2.17. The number of hydrogen-bond donors (Lipinski definition) is 1. The molecule has 0 saturated carbocycles. The predicted molar refractivity (Wildman–Crippen MR) is 52.8 cm³/mol. The molecule has 1 aliphatic heterocycles. The molecule has 1 N–H and O–H groups in total. The minimum Gasteiger partial charge on any atom is -0.381 e. The highest BCUT2D eigenvalue weighted by molar-refractivity contribution is 7.87. The van der Waals surface area contributed by atoms with Gasteiger partial charge in [0.05, 0.1) is 6.04 Å². The summed E-state index contributed by atoms with van der Waals surface area (Å²) in [5, 5.41) is 2.73. The van der Waals surface area contributed by atoms with Crippen LogP contribution < -0.4 is 5.32 Å². The van der Waals surface area contributed by atoms with Gasteiger partial charge in [-0.1, -0.05) is 18.2 Å². The summed E-state index contributed by atoms with van der Waals surface area (Å²) < 4.78 is 62.2. The number of nitrogens with one attached hydrogen (secondary N) is 1. The van der Waals surface area contributed by atoms with Crippen molar-refractivity contribution >= 4 is 10.1 Å². The van der Waals surface area contributed by atoms with Crippen molar-refractivity contribution in [3.8, 4) is 0 Å². The Kier molecular flexibility index (Phi) is 2.69. The Balaban J connectivity index is 2.21. The van der Waals surface area contributed by atoms with Gasteiger partial charge in [-0.25, -0.2) is 0 Å². The van der Waals surface area contributed by atoms with Gasteiger partial charge in [-0.05, 0) is 12.3 Å². The maximum atomic E-state index is 12.1. The van der Waals surface area contributed by atoms with Crippen molar-refractivity contribution in [2.45, 2.75) is 11.6 Å². The molecule has 2 atom stereocenters. The molecule has 4 nitrogen and oxygen atoms in total. The second-order valence-corrected chi connectivity index (χ2v) is 5.06. The number of halogens is 3. The van der Waals surface area contributed by atoms with Crippen molar-refractivity contribution < 1.29 is 25.8 Å². The van der Waals surface area contributed by atoms with Crippen LogP contribution in [-0.2, 0) is 14.3 Å². The van der Waals surface area contributed by atoms with E-state index in [2.05, 4.69) is 9.50 Å². The van der Waals surface area contributed by atoms with Crippen molar-refractivity contribution in [2.75, 3.05) is 0 Å². The first-order chi connectivity index (χ1) is 7.81. The van der Waals surface area contributed by atoms with E-state index < -0.39 is 21.7 Å². The molecule has 1 aliphatic carbocycles. The minimum absolute atomic E-state index is 0.196. The zero-order valence-corrected chi connectivity index (χ0v) is 9.12. The molecule has 8 heteroatoms. The average molecular weight is 267 g/mol. The fraction of sp³-hybridized carbons (Fsp3) is 0.333. The lowest BCUT2D eigenvalue weighted by Crippen LogP contribution is -2.34. The van der Waals surface area contributed by atoms with Crippen LogP contribution in [0.5, 0.6) is 0 Å². The molecule has 17 heavy (non-hydrogen) atoms. The van der Waals surface area contributed by atoms with Gasteiger partial charge < -0.3 is 9.50 Å². The van der Waals surface area contributed by atoms with Crippen LogP contribution in [0.15, 0.2) is 36.3 Å². The smallest absolute Gasteiger partial charge is 0.381 e. The Morgan fingerprint density at radius 1 is 1.29 bits per heavy atom. The number of hydrogen-bond acceptors (Lipinski definition) is 4. The molecule has 2 rings (SSSR count). The van der Waals surface area contributed by atoms with Crippen LogP contribution in [-0.4, -0.2) is 20.0 Å². The van der Waals surface area contributed by atoms with Gasteiger partial charge in [-0.15, -0.1) is 0 Å². The van der Waals surface area contributed by atoms with Crippen molar-refractivity contribution in [2.24, 2.45) is 5.92 Å². The molecule has 0 aromatic heterocycles. The number of fused-ring (bicyclic) bond motifs is 1. The molecule has 2 unspecified atom stereocenters.